The summed E-state index contributed by atoms with van der Waals surface area (Å²) in [7, 11) is 0. The molecule has 3 fully saturated rings. The smallest absolute Gasteiger partial charge is 0.189 e. The second-order valence-corrected chi connectivity index (χ2v) is 12.2. The topological polar surface area (TPSA) is 17.1 Å². The summed E-state index contributed by atoms with van der Waals surface area (Å²) in [4.78, 5) is 12.0. The second-order valence-electron chi connectivity index (χ2n) is 12.2. The predicted molar refractivity (Wildman–Crippen MR) is 119 cm³/mol. The number of hydrogen-bond acceptors (Lipinski definition) is 1. The van der Waals surface area contributed by atoms with Crippen LogP contribution in [0.5, 0.6) is 0 Å². The van der Waals surface area contributed by atoms with Gasteiger partial charge in [0.15, 0.2) is 12.0 Å². The summed E-state index contributed by atoms with van der Waals surface area (Å²) in [6.07, 6.45) is 8.21. The Balaban J connectivity index is 1.54. The molecule has 2 unspecified atom stereocenters. The van der Waals surface area contributed by atoms with Gasteiger partial charge in [0.2, 0.25) is 0 Å². The molecule has 9 atom stereocenters. The number of rotatable bonds is 5. The Morgan fingerprint density at radius 2 is 1.77 bits per heavy atom. The molecule has 4 aliphatic rings. The number of halogens is 2. The minimum Gasteiger partial charge on any atom is -0.292 e. The van der Waals surface area contributed by atoms with Crippen LogP contribution in [-0.2, 0) is 4.79 Å². The SMILES string of the molecule is CC(C)CCC[C@@H](C)[C@H]1CC[C@H]2[C@@H]3CC(F)C4=CC(=O)C(F)C[C@]4(C)[C@H]3CC[C@]12C. The summed E-state index contributed by atoms with van der Waals surface area (Å²) in [5, 5.41) is 0. The molecule has 0 saturated heterocycles. The first-order chi connectivity index (χ1) is 14.1. The molecule has 4 aliphatic carbocycles. The third-order valence-electron chi connectivity index (χ3n) is 10.1. The van der Waals surface area contributed by atoms with Gasteiger partial charge in [-0.3, -0.25) is 4.79 Å². The van der Waals surface area contributed by atoms with Gasteiger partial charge >= 0.3 is 0 Å². The zero-order valence-corrected chi connectivity index (χ0v) is 19.7. The Kier molecular flexibility index (Phi) is 5.99. The number of alkyl halides is 2. The number of fused-ring (bicyclic) bond motifs is 5. The van der Waals surface area contributed by atoms with E-state index < -0.39 is 23.5 Å². The molecule has 0 N–H and O–H groups in total. The first-order valence-corrected chi connectivity index (χ1v) is 12.6. The lowest BCUT2D eigenvalue weighted by Gasteiger charge is -2.59. The maximum absolute atomic E-state index is 15.4. The van der Waals surface area contributed by atoms with E-state index >= 15 is 4.39 Å². The highest BCUT2D eigenvalue weighted by atomic mass is 19.1. The second kappa shape index (κ2) is 8.00. The first-order valence-electron chi connectivity index (χ1n) is 12.6. The van der Waals surface area contributed by atoms with Gasteiger partial charge in [-0.25, -0.2) is 8.78 Å². The summed E-state index contributed by atoms with van der Waals surface area (Å²) >= 11 is 0. The Morgan fingerprint density at radius 3 is 2.47 bits per heavy atom. The van der Waals surface area contributed by atoms with Gasteiger partial charge in [0.1, 0.15) is 6.17 Å². The van der Waals surface area contributed by atoms with Gasteiger partial charge in [-0.05, 0) is 96.5 Å². The van der Waals surface area contributed by atoms with Gasteiger partial charge < -0.3 is 0 Å². The van der Waals surface area contributed by atoms with Crippen molar-refractivity contribution in [2.45, 2.75) is 105 Å². The highest BCUT2D eigenvalue weighted by Gasteiger charge is 2.62. The van der Waals surface area contributed by atoms with E-state index in [9.17, 15) is 9.18 Å². The van der Waals surface area contributed by atoms with Gasteiger partial charge in [0.05, 0.1) is 0 Å². The summed E-state index contributed by atoms with van der Waals surface area (Å²) in [5.41, 5.74) is 0.440. The standard InChI is InChI=1S/C27H42F2O/c1-16(2)7-6-8-17(3)19-9-10-20-18-13-23(28)22-14-25(30)24(29)15-27(22,5)21(18)11-12-26(19,20)4/h14,16-21,23-24H,6-13,15H2,1-5H3/t17-,18+,19-,20+,21+,23?,24?,26-,27-/m1/s1. The maximum atomic E-state index is 15.4. The summed E-state index contributed by atoms with van der Waals surface area (Å²) in [5.74, 6) is 2.95. The van der Waals surface area contributed by atoms with Crippen molar-refractivity contribution in [3.05, 3.63) is 11.6 Å². The van der Waals surface area contributed by atoms with E-state index in [4.69, 9.17) is 0 Å². The van der Waals surface area contributed by atoms with Crippen LogP contribution in [0.1, 0.15) is 92.4 Å². The molecule has 0 heterocycles. The average Bonchev–Trinajstić information content (AvgIpc) is 3.01. The molecular weight excluding hydrogens is 378 g/mol. The van der Waals surface area contributed by atoms with E-state index in [1.807, 2.05) is 0 Å². The monoisotopic (exact) mass is 420 g/mol. The van der Waals surface area contributed by atoms with Crippen molar-refractivity contribution in [1.82, 2.24) is 0 Å². The molecule has 0 aromatic carbocycles. The average molecular weight is 421 g/mol. The molecular formula is C27H42F2O. The van der Waals surface area contributed by atoms with E-state index in [0.29, 0.717) is 35.2 Å². The molecule has 3 saturated carbocycles. The molecule has 3 heteroatoms. The van der Waals surface area contributed by atoms with Crippen molar-refractivity contribution < 1.29 is 13.6 Å². The van der Waals surface area contributed by atoms with Crippen LogP contribution in [0.15, 0.2) is 11.6 Å². The Labute approximate surface area is 182 Å². The summed E-state index contributed by atoms with van der Waals surface area (Å²) in [6.45, 7) is 11.6. The number of hydrogen-bond donors (Lipinski definition) is 0. The molecule has 0 radical (unpaired) electrons. The fraction of sp³-hybridized carbons (Fsp3) is 0.889. The quantitative estimate of drug-likeness (QED) is 0.450. The fourth-order valence-electron chi connectivity index (χ4n) is 8.61. The number of carbonyl (C=O) groups is 1. The van der Waals surface area contributed by atoms with Crippen LogP contribution in [0, 0.1) is 46.3 Å². The zero-order chi connectivity index (χ0) is 21.8. The van der Waals surface area contributed by atoms with E-state index in [1.54, 1.807) is 0 Å². The number of carbonyl (C=O) groups excluding carboxylic acids is 1. The third-order valence-corrected chi connectivity index (χ3v) is 10.1. The molecule has 4 rings (SSSR count). The lowest BCUT2D eigenvalue weighted by atomic mass is 9.46. The van der Waals surface area contributed by atoms with Crippen LogP contribution in [0.4, 0.5) is 8.78 Å². The van der Waals surface area contributed by atoms with Gasteiger partial charge in [-0.1, -0.05) is 53.9 Å². The van der Waals surface area contributed by atoms with E-state index in [2.05, 4.69) is 34.6 Å². The van der Waals surface area contributed by atoms with Gasteiger partial charge in [-0.15, -0.1) is 0 Å². The highest BCUT2D eigenvalue weighted by Crippen LogP contribution is 2.68. The third kappa shape index (κ3) is 3.51. The Hall–Kier alpha value is -0.730. The lowest BCUT2D eigenvalue weighted by Crippen LogP contribution is -2.54. The van der Waals surface area contributed by atoms with Crippen LogP contribution in [0.2, 0.25) is 0 Å². The van der Waals surface area contributed by atoms with Crippen molar-refractivity contribution in [2.24, 2.45) is 46.3 Å². The fourth-order valence-corrected chi connectivity index (χ4v) is 8.61. The van der Waals surface area contributed by atoms with Gasteiger partial charge in [-0.2, -0.15) is 0 Å². The van der Waals surface area contributed by atoms with Crippen LogP contribution in [0.3, 0.4) is 0 Å². The van der Waals surface area contributed by atoms with E-state index in [-0.39, 0.29) is 6.42 Å². The molecule has 30 heavy (non-hydrogen) atoms. The molecule has 1 nitrogen and oxygen atoms in total. The molecule has 0 aromatic rings. The number of ketones is 1. The zero-order valence-electron chi connectivity index (χ0n) is 19.7. The predicted octanol–water partition coefficient (Wildman–Crippen LogP) is 7.49. The first kappa shape index (κ1) is 22.5. The van der Waals surface area contributed by atoms with Crippen molar-refractivity contribution in [2.75, 3.05) is 0 Å². The molecule has 0 amide bonds. The largest absolute Gasteiger partial charge is 0.292 e. The van der Waals surface area contributed by atoms with Crippen LogP contribution in [-0.4, -0.2) is 18.1 Å². The molecule has 0 aliphatic heterocycles. The minimum atomic E-state index is -1.45. The van der Waals surface area contributed by atoms with Crippen molar-refractivity contribution in [3.63, 3.8) is 0 Å². The minimum absolute atomic E-state index is 0.192. The normalized spacial score (nSPS) is 46.8. The Morgan fingerprint density at radius 1 is 1.03 bits per heavy atom. The molecule has 0 aromatic heterocycles. The van der Waals surface area contributed by atoms with Gasteiger partial charge in [0, 0.05) is 0 Å². The maximum Gasteiger partial charge on any atom is 0.189 e. The molecule has 0 bridgehead atoms. The Bertz CT molecular complexity index is 699. The lowest BCUT2D eigenvalue weighted by molar-refractivity contribution is -0.125. The van der Waals surface area contributed by atoms with Crippen molar-refractivity contribution in [1.29, 1.82) is 0 Å². The van der Waals surface area contributed by atoms with E-state index in [0.717, 1.165) is 24.2 Å². The van der Waals surface area contributed by atoms with Crippen LogP contribution >= 0.6 is 0 Å². The van der Waals surface area contributed by atoms with Crippen LogP contribution < -0.4 is 0 Å². The van der Waals surface area contributed by atoms with E-state index in [1.165, 1.54) is 44.6 Å². The van der Waals surface area contributed by atoms with Crippen molar-refractivity contribution in [3.8, 4) is 0 Å². The summed E-state index contributed by atoms with van der Waals surface area (Å²) < 4.78 is 29.8. The molecule has 170 valence electrons. The summed E-state index contributed by atoms with van der Waals surface area (Å²) in [6, 6.07) is 0. The van der Waals surface area contributed by atoms with Gasteiger partial charge in [0.25, 0.3) is 0 Å². The highest BCUT2D eigenvalue weighted by molar-refractivity contribution is 5.95. The molecule has 0 spiro atoms. The number of allylic oxidation sites excluding steroid dienone is 1. The van der Waals surface area contributed by atoms with Crippen molar-refractivity contribution >= 4 is 5.78 Å². The van der Waals surface area contributed by atoms with Crippen LogP contribution in [0.25, 0.3) is 0 Å².